The van der Waals surface area contributed by atoms with Gasteiger partial charge in [0.1, 0.15) is 87.5 Å². The number of aliphatic hydroxyl groups excluding tert-OH is 2. The summed E-state index contributed by atoms with van der Waals surface area (Å²) in [6.45, 7) is 8.58. The van der Waals surface area contributed by atoms with Crippen LogP contribution in [0.5, 0.6) is 0 Å². The molecule has 1 aliphatic carbocycles. The molecule has 2 fully saturated rings. The maximum Gasteiger partial charge on any atom is 0.324 e. The average Bonchev–Trinajstić information content (AvgIpc) is 4.22. The summed E-state index contributed by atoms with van der Waals surface area (Å²) in [5.41, 5.74) is 1.16. The molecule has 10 rings (SSSR count). The topological polar surface area (TPSA) is 355 Å². The SMILES string of the molecule is C/C=C1\NC(=O)[C@H]([C@@H](C)O)NC(=O)c2csc(n2)-c2ccc(-c3nc(-c4nc(C(=O)NC5(C(=O)NCCCN6C(=O)CNC6=O)CC5)cs4)cs3)nc2-c2csc(n2)[C@H]([C@@H](C)O)NC(=O)c2csc(n2)[C@H](C(C)C)NC(=O)c2csc1n2. The van der Waals surface area contributed by atoms with Gasteiger partial charge in [-0.1, -0.05) is 19.9 Å². The summed E-state index contributed by atoms with van der Waals surface area (Å²) in [5.74, 6) is -4.08. The summed E-state index contributed by atoms with van der Waals surface area (Å²) in [5, 5.41) is 53.1. The van der Waals surface area contributed by atoms with Crippen molar-refractivity contribution in [3.05, 3.63) is 88.3 Å². The molecule has 9 N–H and O–H groups in total. The smallest absolute Gasteiger partial charge is 0.324 e. The van der Waals surface area contributed by atoms with Gasteiger partial charge in [0.15, 0.2) is 0 Å². The van der Waals surface area contributed by atoms with E-state index in [4.69, 9.17) is 15.0 Å². The summed E-state index contributed by atoms with van der Waals surface area (Å²) < 4.78 is 0. The van der Waals surface area contributed by atoms with Crippen LogP contribution in [0.25, 0.3) is 49.1 Å². The van der Waals surface area contributed by atoms with Crippen LogP contribution in [-0.2, 0) is 14.4 Å². The van der Waals surface area contributed by atoms with Crippen LogP contribution in [-0.4, -0.2) is 141 Å². The Morgan fingerprint density at radius 2 is 1.23 bits per heavy atom. The van der Waals surface area contributed by atoms with Gasteiger partial charge >= 0.3 is 6.03 Å². The lowest BCUT2D eigenvalue weighted by molar-refractivity contribution is -0.125. The molecule has 8 bridgehead atoms. The Kier molecular flexibility index (Phi) is 16.9. The molecule has 0 spiro atoms. The predicted molar refractivity (Wildman–Crippen MR) is 307 cm³/mol. The van der Waals surface area contributed by atoms with Gasteiger partial charge in [0.25, 0.3) is 23.6 Å². The number of thiazole rings is 6. The fourth-order valence-electron chi connectivity index (χ4n) is 8.53. The number of carbonyl (C=O) groups excluding carboxylic acids is 8. The molecule has 1 saturated heterocycles. The summed E-state index contributed by atoms with van der Waals surface area (Å²) in [7, 11) is 0. The van der Waals surface area contributed by atoms with Crippen LogP contribution in [0, 0.1) is 5.92 Å². The van der Waals surface area contributed by atoms with Crippen molar-refractivity contribution in [3.8, 4) is 43.4 Å². The van der Waals surface area contributed by atoms with Gasteiger partial charge in [-0.25, -0.2) is 39.7 Å². The van der Waals surface area contributed by atoms with E-state index in [0.29, 0.717) is 72.6 Å². The molecule has 31 heteroatoms. The van der Waals surface area contributed by atoms with Gasteiger partial charge in [0.2, 0.25) is 17.7 Å². The van der Waals surface area contributed by atoms with Crippen molar-refractivity contribution in [1.29, 1.82) is 0 Å². The highest BCUT2D eigenvalue weighted by Gasteiger charge is 2.51. The molecule has 1 saturated carbocycles. The van der Waals surface area contributed by atoms with E-state index in [-0.39, 0.29) is 70.8 Å². The van der Waals surface area contributed by atoms with Crippen molar-refractivity contribution in [2.75, 3.05) is 19.6 Å². The van der Waals surface area contributed by atoms with Crippen molar-refractivity contribution in [3.63, 3.8) is 0 Å². The Morgan fingerprint density at radius 3 is 1.89 bits per heavy atom. The van der Waals surface area contributed by atoms with Gasteiger partial charge < -0.3 is 47.4 Å². The Labute approximate surface area is 490 Å². The van der Waals surface area contributed by atoms with Gasteiger partial charge in [-0.15, -0.1) is 68.0 Å². The van der Waals surface area contributed by atoms with Crippen LogP contribution < -0.4 is 37.2 Å². The molecule has 82 heavy (non-hydrogen) atoms. The van der Waals surface area contributed by atoms with E-state index in [1.54, 1.807) is 46.7 Å². The highest BCUT2D eigenvalue weighted by atomic mass is 32.1. The highest BCUT2D eigenvalue weighted by molar-refractivity contribution is 7.15. The van der Waals surface area contributed by atoms with Crippen LogP contribution in [0.2, 0.25) is 0 Å². The molecule has 426 valence electrons. The number of hydrogen-bond acceptors (Lipinski definition) is 23. The third-order valence-corrected chi connectivity index (χ3v) is 18.5. The molecule has 2 aliphatic heterocycles. The lowest BCUT2D eigenvalue weighted by Crippen LogP contribution is -2.52. The molecule has 7 aromatic heterocycles. The first-order valence-corrected chi connectivity index (χ1v) is 30.8. The number of nitrogens with one attached hydrogen (secondary N) is 7. The van der Waals surface area contributed by atoms with E-state index < -0.39 is 71.4 Å². The minimum absolute atomic E-state index is 0.0519. The molecular weight excluding hydrogens is 1180 g/mol. The lowest BCUT2D eigenvalue weighted by Gasteiger charge is -2.21. The number of rotatable bonds is 12. The van der Waals surface area contributed by atoms with Crippen molar-refractivity contribution in [1.82, 2.24) is 77.0 Å². The summed E-state index contributed by atoms with van der Waals surface area (Å²) >= 11 is 6.98. The van der Waals surface area contributed by atoms with Crippen LogP contribution >= 0.6 is 68.0 Å². The van der Waals surface area contributed by atoms with E-state index in [1.807, 2.05) is 13.8 Å². The Morgan fingerprint density at radius 1 is 0.671 bits per heavy atom. The fourth-order valence-corrected chi connectivity index (χ4v) is 13.8. The Balaban J connectivity index is 0.928. The van der Waals surface area contributed by atoms with E-state index >= 15 is 0 Å². The van der Waals surface area contributed by atoms with E-state index in [9.17, 15) is 48.6 Å². The molecule has 7 aromatic rings. The van der Waals surface area contributed by atoms with Gasteiger partial charge in [-0.3, -0.25) is 38.5 Å². The number of pyridine rings is 1. The third kappa shape index (κ3) is 12.3. The number of urea groups is 1. The van der Waals surface area contributed by atoms with Crippen molar-refractivity contribution in [2.45, 2.75) is 89.8 Å². The van der Waals surface area contributed by atoms with Crippen molar-refractivity contribution in [2.24, 2.45) is 5.92 Å². The molecule has 0 unspecified atom stereocenters. The normalized spacial score (nSPS) is 19.6. The first kappa shape index (κ1) is 57.6. The van der Waals surface area contributed by atoms with Gasteiger partial charge in [-0.05, 0) is 58.1 Å². The Bertz CT molecular complexity index is 3670. The number of nitrogens with zero attached hydrogens (tertiary/aromatic N) is 8. The molecule has 9 heterocycles. The molecular formula is C51H51N15O10S6. The van der Waals surface area contributed by atoms with E-state index in [2.05, 4.69) is 57.2 Å². The van der Waals surface area contributed by atoms with E-state index in [1.165, 1.54) is 58.6 Å². The quantitative estimate of drug-likeness (QED) is 0.0588. The monoisotopic (exact) mass is 1230 g/mol. The van der Waals surface area contributed by atoms with Gasteiger partial charge in [0, 0.05) is 50.9 Å². The standard InChI is InChI=1S/C51H51N15O10S6/c1-6-25-44-58-29(17-78-44)38(70)62-34(21(2)3)47-60-30(18-82-47)40(72)64-36(23(5)68)48-56-27(15-81-48)37-24(43-57-28(16-77-43)39(71)63-35(22(4)67)42(74)55-25)8-9-26(54-37)45-61-32(20-80-45)46-59-31(19-79-46)41(73)65-51(10-11-51)49(75)52-12-7-13-66-33(69)14-53-50(66)76/h6,8-9,15-23,34-36,67-68H,7,10-14H2,1-5H3,(H,52,75)(H,53,76)(H,55,74)(H,62,70)(H,63,71)(H,64,72)(H,65,73)/b25-6-/t22-,23-,34+,35+,36+/m1/s1. The minimum atomic E-state index is -1.45. The maximum atomic E-state index is 13.9. The van der Waals surface area contributed by atoms with Crippen LogP contribution in [0.15, 0.2) is 50.5 Å². The number of fused-ring (bicyclic) bond motifs is 11. The zero-order valence-corrected chi connectivity index (χ0v) is 49.0. The summed E-state index contributed by atoms with van der Waals surface area (Å²) in [6, 6.07) is -0.126. The summed E-state index contributed by atoms with van der Waals surface area (Å²) in [6.07, 6.45) is 0.254. The van der Waals surface area contributed by atoms with E-state index in [0.717, 1.165) is 38.9 Å². The van der Waals surface area contributed by atoms with Crippen molar-refractivity contribution < 1.29 is 48.6 Å². The molecule has 0 radical (unpaired) electrons. The first-order chi connectivity index (χ1) is 39.3. The van der Waals surface area contributed by atoms with Gasteiger partial charge in [-0.2, -0.15) is 0 Å². The second kappa shape index (κ2) is 24.1. The third-order valence-electron chi connectivity index (χ3n) is 13.2. The minimum Gasteiger partial charge on any atom is -0.391 e. The largest absolute Gasteiger partial charge is 0.391 e. The van der Waals surface area contributed by atoms with Gasteiger partial charge in [0.05, 0.1) is 36.2 Å². The zero-order chi connectivity index (χ0) is 58.1. The molecule has 25 nitrogen and oxygen atoms in total. The van der Waals surface area contributed by atoms with Crippen molar-refractivity contribution >= 4 is 121 Å². The molecule has 9 amide bonds. The zero-order valence-electron chi connectivity index (χ0n) is 44.1. The predicted octanol–water partition coefficient (Wildman–Crippen LogP) is 4.76. The fraction of sp³-hybridized carbons (Fsp3) is 0.353. The number of aliphatic hydroxyl groups is 2. The number of hydrogen-bond donors (Lipinski definition) is 9. The van der Waals surface area contributed by atoms with Crippen LogP contribution in [0.4, 0.5) is 4.79 Å². The number of carbonyl (C=O) groups is 8. The number of aromatic nitrogens is 7. The molecule has 0 aromatic carbocycles. The Hall–Kier alpha value is -7.65. The van der Waals surface area contributed by atoms with Crippen LogP contribution in [0.1, 0.15) is 123 Å². The second-order valence-electron chi connectivity index (χ2n) is 19.5. The number of imide groups is 1. The maximum absolute atomic E-state index is 13.9. The molecule has 5 atom stereocenters. The average molecular weight is 1230 g/mol. The highest BCUT2D eigenvalue weighted by Crippen LogP contribution is 2.39. The number of allylic oxidation sites excluding steroid dienone is 1. The van der Waals surface area contributed by atoms with Crippen LogP contribution in [0.3, 0.4) is 0 Å². The second-order valence-corrected chi connectivity index (χ2v) is 24.7. The number of amides is 9. The molecule has 3 aliphatic rings. The lowest BCUT2D eigenvalue weighted by atomic mass is 10.1. The first-order valence-electron chi connectivity index (χ1n) is 25.5. The summed E-state index contributed by atoms with van der Waals surface area (Å²) in [4.78, 5) is 140.